The summed E-state index contributed by atoms with van der Waals surface area (Å²) in [6.07, 6.45) is 6.25. The van der Waals surface area contributed by atoms with Gasteiger partial charge < -0.3 is 0 Å². The molecule has 0 heterocycles. The second-order valence-corrected chi connectivity index (χ2v) is 8.52. The van der Waals surface area contributed by atoms with Crippen LogP contribution in [0.25, 0.3) is 0 Å². The van der Waals surface area contributed by atoms with Crippen molar-refractivity contribution in [3.63, 3.8) is 0 Å². The molecule has 1 atom stereocenters. The number of benzene rings is 1. The molecule has 0 aliphatic heterocycles. The first-order valence-electron chi connectivity index (χ1n) is 8.31. The first-order chi connectivity index (χ1) is 10.4. The van der Waals surface area contributed by atoms with E-state index in [1.54, 1.807) is 24.3 Å². The van der Waals surface area contributed by atoms with E-state index in [1.807, 2.05) is 13.8 Å². The smallest absolute Gasteiger partial charge is 0.178 e. The third kappa shape index (κ3) is 4.19. The van der Waals surface area contributed by atoms with E-state index in [-0.39, 0.29) is 23.4 Å². The Kier molecular flexibility index (Phi) is 5.79. The summed E-state index contributed by atoms with van der Waals surface area (Å²) in [6, 6.07) is 6.58. The number of ketones is 1. The quantitative estimate of drug-likeness (QED) is 0.735. The van der Waals surface area contributed by atoms with E-state index in [1.165, 1.54) is 6.42 Å². The maximum Gasteiger partial charge on any atom is 0.178 e. The van der Waals surface area contributed by atoms with E-state index in [0.29, 0.717) is 10.5 Å². The van der Waals surface area contributed by atoms with Crippen LogP contribution in [0.3, 0.4) is 0 Å². The van der Waals surface area contributed by atoms with Gasteiger partial charge in [-0.05, 0) is 37.3 Å². The van der Waals surface area contributed by atoms with Gasteiger partial charge in [-0.15, -0.1) is 0 Å². The SMILES string of the molecule is CCC(C)C(=O)c1cccc(S(=O)(=O)CC2CCCCC2)c1. The first kappa shape index (κ1) is 17.2. The van der Waals surface area contributed by atoms with Crippen LogP contribution >= 0.6 is 0 Å². The van der Waals surface area contributed by atoms with Gasteiger partial charge in [0.05, 0.1) is 10.6 Å². The Balaban J connectivity index is 2.18. The van der Waals surface area contributed by atoms with Gasteiger partial charge in [0.25, 0.3) is 0 Å². The van der Waals surface area contributed by atoms with Gasteiger partial charge in [0.15, 0.2) is 15.6 Å². The summed E-state index contributed by atoms with van der Waals surface area (Å²) >= 11 is 0. The first-order valence-corrected chi connectivity index (χ1v) is 9.96. The lowest BCUT2D eigenvalue weighted by atomic mass is 9.91. The predicted octanol–water partition coefficient (Wildman–Crippen LogP) is 4.27. The lowest BCUT2D eigenvalue weighted by molar-refractivity contribution is 0.0927. The molecule has 1 saturated carbocycles. The van der Waals surface area contributed by atoms with Crippen molar-refractivity contribution in [1.82, 2.24) is 0 Å². The van der Waals surface area contributed by atoms with Crippen molar-refractivity contribution in [2.24, 2.45) is 11.8 Å². The summed E-state index contributed by atoms with van der Waals surface area (Å²) in [7, 11) is -3.30. The maximum absolute atomic E-state index is 12.6. The van der Waals surface area contributed by atoms with Crippen LogP contribution in [-0.4, -0.2) is 20.0 Å². The number of sulfone groups is 1. The highest BCUT2D eigenvalue weighted by atomic mass is 32.2. The number of Topliss-reactive ketones (excluding diaryl/α,β-unsaturated/α-hetero) is 1. The van der Waals surface area contributed by atoms with Crippen LogP contribution in [0.5, 0.6) is 0 Å². The summed E-state index contributed by atoms with van der Waals surface area (Å²) in [5, 5.41) is 0. The average Bonchev–Trinajstić information content (AvgIpc) is 2.54. The normalized spacial score (nSPS) is 18.1. The number of hydrogen-bond acceptors (Lipinski definition) is 3. The zero-order chi connectivity index (χ0) is 16.2. The fraction of sp³-hybridized carbons (Fsp3) is 0.611. The molecule has 1 unspecified atom stereocenters. The number of rotatable bonds is 6. The fourth-order valence-electron chi connectivity index (χ4n) is 3.07. The molecule has 0 saturated heterocycles. The zero-order valence-electron chi connectivity index (χ0n) is 13.5. The number of hydrogen-bond donors (Lipinski definition) is 0. The van der Waals surface area contributed by atoms with Crippen LogP contribution in [0.2, 0.25) is 0 Å². The molecule has 22 heavy (non-hydrogen) atoms. The van der Waals surface area contributed by atoms with Crippen molar-refractivity contribution in [3.05, 3.63) is 29.8 Å². The zero-order valence-corrected chi connectivity index (χ0v) is 14.4. The minimum absolute atomic E-state index is 0.0252. The Hall–Kier alpha value is -1.16. The van der Waals surface area contributed by atoms with E-state index >= 15 is 0 Å². The lowest BCUT2D eigenvalue weighted by Crippen LogP contribution is -2.19. The third-order valence-electron chi connectivity index (χ3n) is 4.72. The molecule has 4 heteroatoms. The highest BCUT2D eigenvalue weighted by molar-refractivity contribution is 7.91. The van der Waals surface area contributed by atoms with Gasteiger partial charge in [-0.2, -0.15) is 0 Å². The minimum Gasteiger partial charge on any atom is -0.294 e. The molecule has 0 N–H and O–H groups in total. The van der Waals surface area contributed by atoms with Crippen LogP contribution in [0.15, 0.2) is 29.2 Å². The molecule has 0 spiro atoms. The van der Waals surface area contributed by atoms with Crippen LogP contribution in [-0.2, 0) is 9.84 Å². The Morgan fingerprint density at radius 2 is 1.91 bits per heavy atom. The van der Waals surface area contributed by atoms with Crippen molar-refractivity contribution in [2.45, 2.75) is 57.3 Å². The molecule has 1 aliphatic carbocycles. The van der Waals surface area contributed by atoms with Gasteiger partial charge in [0.2, 0.25) is 0 Å². The molecule has 1 aromatic carbocycles. The summed E-state index contributed by atoms with van der Waals surface area (Å²) in [5.74, 6) is 0.440. The molecule has 0 amide bonds. The molecule has 3 nitrogen and oxygen atoms in total. The largest absolute Gasteiger partial charge is 0.294 e. The van der Waals surface area contributed by atoms with Crippen molar-refractivity contribution >= 4 is 15.6 Å². The molecular formula is C18H26O3S. The van der Waals surface area contributed by atoms with Crippen molar-refractivity contribution in [2.75, 3.05) is 5.75 Å². The van der Waals surface area contributed by atoms with Gasteiger partial charge in [0.1, 0.15) is 0 Å². The van der Waals surface area contributed by atoms with Crippen LogP contribution < -0.4 is 0 Å². The third-order valence-corrected chi connectivity index (χ3v) is 6.60. The summed E-state index contributed by atoms with van der Waals surface area (Å²) in [6.45, 7) is 3.85. The Morgan fingerprint density at radius 1 is 1.23 bits per heavy atom. The molecular weight excluding hydrogens is 296 g/mol. The average molecular weight is 322 g/mol. The number of carbonyl (C=O) groups is 1. The van der Waals surface area contributed by atoms with Gasteiger partial charge in [-0.1, -0.05) is 45.2 Å². The van der Waals surface area contributed by atoms with Crippen molar-refractivity contribution in [3.8, 4) is 0 Å². The van der Waals surface area contributed by atoms with Gasteiger partial charge >= 0.3 is 0 Å². The van der Waals surface area contributed by atoms with E-state index in [0.717, 1.165) is 32.1 Å². The van der Waals surface area contributed by atoms with Crippen LogP contribution in [0.4, 0.5) is 0 Å². The van der Waals surface area contributed by atoms with Gasteiger partial charge in [-0.25, -0.2) is 8.42 Å². The minimum atomic E-state index is -3.30. The Bertz CT molecular complexity index is 613. The van der Waals surface area contributed by atoms with E-state index in [2.05, 4.69) is 0 Å². The summed E-state index contributed by atoms with van der Waals surface area (Å²) in [4.78, 5) is 12.5. The van der Waals surface area contributed by atoms with E-state index in [9.17, 15) is 13.2 Å². The Morgan fingerprint density at radius 3 is 2.55 bits per heavy atom. The molecule has 122 valence electrons. The fourth-order valence-corrected chi connectivity index (χ4v) is 4.81. The van der Waals surface area contributed by atoms with Gasteiger partial charge in [-0.3, -0.25) is 4.79 Å². The molecule has 2 rings (SSSR count). The lowest BCUT2D eigenvalue weighted by Gasteiger charge is -2.21. The standard InChI is InChI=1S/C18H26O3S/c1-3-14(2)18(19)16-10-7-11-17(12-16)22(20,21)13-15-8-5-4-6-9-15/h7,10-12,14-15H,3-6,8-9,13H2,1-2H3. The summed E-state index contributed by atoms with van der Waals surface area (Å²) < 4.78 is 25.2. The van der Waals surface area contributed by atoms with Crippen molar-refractivity contribution < 1.29 is 13.2 Å². The van der Waals surface area contributed by atoms with E-state index in [4.69, 9.17) is 0 Å². The molecule has 0 radical (unpaired) electrons. The summed E-state index contributed by atoms with van der Waals surface area (Å²) in [5.41, 5.74) is 0.513. The molecule has 1 fully saturated rings. The number of carbonyl (C=O) groups excluding carboxylic acids is 1. The second-order valence-electron chi connectivity index (χ2n) is 6.49. The molecule has 1 aliphatic rings. The molecule has 0 aromatic heterocycles. The molecule has 0 bridgehead atoms. The van der Waals surface area contributed by atoms with Crippen LogP contribution in [0.1, 0.15) is 62.7 Å². The topological polar surface area (TPSA) is 51.2 Å². The highest BCUT2D eigenvalue weighted by Gasteiger charge is 2.24. The second kappa shape index (κ2) is 7.40. The maximum atomic E-state index is 12.6. The van der Waals surface area contributed by atoms with Gasteiger partial charge in [0, 0.05) is 11.5 Å². The molecule has 1 aromatic rings. The van der Waals surface area contributed by atoms with Crippen LogP contribution in [0, 0.1) is 11.8 Å². The Labute approximate surface area is 134 Å². The highest BCUT2D eigenvalue weighted by Crippen LogP contribution is 2.27. The predicted molar refractivity (Wildman–Crippen MR) is 88.9 cm³/mol. The monoisotopic (exact) mass is 322 g/mol. The van der Waals surface area contributed by atoms with Crippen molar-refractivity contribution in [1.29, 1.82) is 0 Å². The van der Waals surface area contributed by atoms with E-state index < -0.39 is 9.84 Å².